The minimum absolute atomic E-state index is 0.0408. The Labute approximate surface area is 103 Å². The molecule has 94 valence electrons. The summed E-state index contributed by atoms with van der Waals surface area (Å²) in [5.74, 6) is 0.723. The van der Waals surface area contributed by atoms with Crippen LogP contribution >= 0.6 is 0 Å². The second-order valence-corrected chi connectivity index (χ2v) is 4.22. The van der Waals surface area contributed by atoms with Crippen molar-refractivity contribution in [2.24, 2.45) is 0 Å². The summed E-state index contributed by atoms with van der Waals surface area (Å²) in [6, 6.07) is 5.95. The number of hydrogen-bond donors (Lipinski definition) is 1. The van der Waals surface area contributed by atoms with Crippen molar-refractivity contribution in [3.63, 3.8) is 0 Å². The maximum atomic E-state index is 11.4. The lowest BCUT2D eigenvalue weighted by Gasteiger charge is -2.14. The number of nitrogens with zero attached hydrogens (tertiary/aromatic N) is 1. The highest BCUT2D eigenvalue weighted by Crippen LogP contribution is 2.19. The van der Waals surface area contributed by atoms with Gasteiger partial charge in [0.2, 0.25) is 0 Å². The minimum atomic E-state index is -0.0408. The molecule has 1 aromatic carbocycles. The van der Waals surface area contributed by atoms with Crippen molar-refractivity contribution < 1.29 is 9.53 Å². The van der Waals surface area contributed by atoms with Crippen LogP contribution in [0.2, 0.25) is 0 Å². The molecule has 0 saturated carbocycles. The van der Waals surface area contributed by atoms with Gasteiger partial charge in [-0.1, -0.05) is 17.7 Å². The lowest BCUT2D eigenvalue weighted by Crippen LogP contribution is -2.27. The molecule has 0 radical (unpaired) electrons. The molecule has 0 unspecified atom stereocenters. The molecule has 0 atom stereocenters. The van der Waals surface area contributed by atoms with Gasteiger partial charge >= 0.3 is 0 Å². The van der Waals surface area contributed by atoms with E-state index in [9.17, 15) is 4.79 Å². The lowest BCUT2D eigenvalue weighted by atomic mass is 10.1. The number of aryl methyl sites for hydroxylation is 1. The van der Waals surface area contributed by atoms with E-state index in [1.54, 1.807) is 14.1 Å². The van der Waals surface area contributed by atoms with Crippen LogP contribution in [0, 0.1) is 6.92 Å². The van der Waals surface area contributed by atoms with E-state index in [1.165, 1.54) is 10.5 Å². The van der Waals surface area contributed by atoms with Gasteiger partial charge in [-0.15, -0.1) is 0 Å². The number of rotatable bonds is 5. The van der Waals surface area contributed by atoms with Crippen LogP contribution in [0.15, 0.2) is 18.2 Å². The summed E-state index contributed by atoms with van der Waals surface area (Å²) >= 11 is 0. The van der Waals surface area contributed by atoms with Crippen molar-refractivity contribution >= 4 is 5.91 Å². The third kappa shape index (κ3) is 4.07. The SMILES string of the molecule is CNCc1cc(C)ccc1OCC(=O)N(C)C. The predicted molar refractivity (Wildman–Crippen MR) is 68.1 cm³/mol. The summed E-state index contributed by atoms with van der Waals surface area (Å²) in [6.07, 6.45) is 0. The highest BCUT2D eigenvalue weighted by Gasteiger charge is 2.08. The van der Waals surface area contributed by atoms with Gasteiger partial charge < -0.3 is 15.0 Å². The van der Waals surface area contributed by atoms with Crippen molar-refractivity contribution in [2.45, 2.75) is 13.5 Å². The van der Waals surface area contributed by atoms with Gasteiger partial charge in [0.15, 0.2) is 6.61 Å². The molecule has 1 N–H and O–H groups in total. The molecule has 1 rings (SSSR count). The van der Waals surface area contributed by atoms with Crippen LogP contribution in [0.4, 0.5) is 0 Å². The Morgan fingerprint density at radius 2 is 2.12 bits per heavy atom. The molecular weight excluding hydrogens is 216 g/mol. The Morgan fingerprint density at radius 1 is 1.41 bits per heavy atom. The smallest absolute Gasteiger partial charge is 0.259 e. The van der Waals surface area contributed by atoms with Gasteiger partial charge in [0, 0.05) is 26.2 Å². The average molecular weight is 236 g/mol. The monoisotopic (exact) mass is 236 g/mol. The number of benzene rings is 1. The molecule has 0 aliphatic carbocycles. The Hall–Kier alpha value is -1.55. The van der Waals surface area contributed by atoms with Crippen LogP contribution < -0.4 is 10.1 Å². The molecule has 0 spiro atoms. The first-order valence-electron chi connectivity index (χ1n) is 5.61. The van der Waals surface area contributed by atoms with E-state index in [0.29, 0.717) is 0 Å². The van der Waals surface area contributed by atoms with E-state index in [4.69, 9.17) is 4.74 Å². The molecule has 0 heterocycles. The summed E-state index contributed by atoms with van der Waals surface area (Å²) in [5.41, 5.74) is 2.25. The van der Waals surface area contributed by atoms with E-state index >= 15 is 0 Å². The zero-order valence-corrected chi connectivity index (χ0v) is 10.9. The highest BCUT2D eigenvalue weighted by molar-refractivity contribution is 5.77. The summed E-state index contributed by atoms with van der Waals surface area (Å²) in [7, 11) is 5.32. The fourth-order valence-electron chi connectivity index (χ4n) is 1.45. The molecule has 0 bridgehead atoms. The van der Waals surface area contributed by atoms with Gasteiger partial charge in [0.25, 0.3) is 5.91 Å². The van der Waals surface area contributed by atoms with E-state index in [2.05, 4.69) is 11.4 Å². The molecule has 0 saturated heterocycles. The van der Waals surface area contributed by atoms with Gasteiger partial charge in [-0.2, -0.15) is 0 Å². The van der Waals surface area contributed by atoms with E-state index in [0.717, 1.165) is 17.9 Å². The molecule has 4 heteroatoms. The number of carbonyl (C=O) groups excluding carboxylic acids is 1. The van der Waals surface area contributed by atoms with Gasteiger partial charge in [-0.25, -0.2) is 0 Å². The normalized spacial score (nSPS) is 10.1. The first-order chi connectivity index (χ1) is 8.04. The van der Waals surface area contributed by atoms with Crippen LogP contribution in [0.3, 0.4) is 0 Å². The largest absolute Gasteiger partial charge is 0.483 e. The molecule has 0 aliphatic rings. The van der Waals surface area contributed by atoms with E-state index in [1.807, 2.05) is 26.1 Å². The van der Waals surface area contributed by atoms with E-state index < -0.39 is 0 Å². The van der Waals surface area contributed by atoms with Gasteiger partial charge in [-0.05, 0) is 20.0 Å². The number of carbonyl (C=O) groups is 1. The van der Waals surface area contributed by atoms with Crippen molar-refractivity contribution in [1.82, 2.24) is 10.2 Å². The zero-order valence-electron chi connectivity index (χ0n) is 10.9. The van der Waals surface area contributed by atoms with Crippen LogP contribution in [0.25, 0.3) is 0 Å². The van der Waals surface area contributed by atoms with Gasteiger partial charge in [0.05, 0.1) is 0 Å². The second-order valence-electron chi connectivity index (χ2n) is 4.22. The Kier molecular flexibility index (Phi) is 4.97. The molecule has 0 aliphatic heterocycles. The zero-order chi connectivity index (χ0) is 12.8. The quantitative estimate of drug-likeness (QED) is 0.834. The molecule has 0 aromatic heterocycles. The van der Waals surface area contributed by atoms with Crippen molar-refractivity contribution in [3.05, 3.63) is 29.3 Å². The highest BCUT2D eigenvalue weighted by atomic mass is 16.5. The minimum Gasteiger partial charge on any atom is -0.483 e. The summed E-state index contributed by atoms with van der Waals surface area (Å²) in [6.45, 7) is 2.84. The molecule has 17 heavy (non-hydrogen) atoms. The predicted octanol–water partition coefficient (Wildman–Crippen LogP) is 1.18. The standard InChI is InChI=1S/C13H20N2O2/c1-10-5-6-12(11(7-10)8-14-2)17-9-13(16)15(3)4/h5-7,14H,8-9H2,1-4H3. The van der Waals surface area contributed by atoms with Crippen molar-refractivity contribution in [2.75, 3.05) is 27.7 Å². The number of ether oxygens (including phenoxy) is 1. The van der Waals surface area contributed by atoms with Crippen molar-refractivity contribution in [3.8, 4) is 5.75 Å². The lowest BCUT2D eigenvalue weighted by molar-refractivity contribution is -0.130. The Bertz CT molecular complexity index is 389. The maximum Gasteiger partial charge on any atom is 0.259 e. The number of amides is 1. The van der Waals surface area contributed by atoms with E-state index in [-0.39, 0.29) is 12.5 Å². The van der Waals surface area contributed by atoms with Crippen molar-refractivity contribution in [1.29, 1.82) is 0 Å². The first kappa shape index (κ1) is 13.5. The fraction of sp³-hybridized carbons (Fsp3) is 0.462. The molecule has 1 aromatic rings. The second kappa shape index (κ2) is 6.25. The fourth-order valence-corrected chi connectivity index (χ4v) is 1.45. The maximum absolute atomic E-state index is 11.4. The molecule has 4 nitrogen and oxygen atoms in total. The number of likely N-dealkylation sites (N-methyl/N-ethyl adjacent to an activating group) is 1. The third-order valence-corrected chi connectivity index (χ3v) is 2.43. The Balaban J connectivity index is 2.72. The van der Waals surface area contributed by atoms with Crippen LogP contribution in [-0.4, -0.2) is 38.6 Å². The number of nitrogens with one attached hydrogen (secondary N) is 1. The molecule has 0 fully saturated rings. The summed E-state index contributed by atoms with van der Waals surface area (Å²) in [4.78, 5) is 13.0. The van der Waals surface area contributed by atoms with Gasteiger partial charge in [0.1, 0.15) is 5.75 Å². The van der Waals surface area contributed by atoms with Gasteiger partial charge in [-0.3, -0.25) is 4.79 Å². The Morgan fingerprint density at radius 3 is 2.71 bits per heavy atom. The van der Waals surface area contributed by atoms with Crippen LogP contribution in [0.1, 0.15) is 11.1 Å². The third-order valence-electron chi connectivity index (χ3n) is 2.43. The molecular formula is C13H20N2O2. The topological polar surface area (TPSA) is 41.6 Å². The van der Waals surface area contributed by atoms with Crippen LogP contribution in [0.5, 0.6) is 5.75 Å². The first-order valence-corrected chi connectivity index (χ1v) is 5.61. The number of hydrogen-bond acceptors (Lipinski definition) is 3. The average Bonchev–Trinajstić information content (AvgIpc) is 2.28. The van der Waals surface area contributed by atoms with Crippen LogP contribution in [-0.2, 0) is 11.3 Å². The molecule has 1 amide bonds. The summed E-state index contributed by atoms with van der Waals surface area (Å²) in [5, 5.41) is 3.09. The summed E-state index contributed by atoms with van der Waals surface area (Å²) < 4.78 is 5.54.